The quantitative estimate of drug-likeness (QED) is 0.534. The lowest BCUT2D eigenvalue weighted by atomic mass is 9.94. The number of carbonyl (C=O) groups is 4. The minimum Gasteiger partial charge on any atom is -0.452 e. The Kier molecular flexibility index (Phi) is 6.28. The van der Waals surface area contributed by atoms with Crippen molar-refractivity contribution in [2.75, 3.05) is 11.9 Å². The molecule has 0 bridgehead atoms. The lowest BCUT2D eigenvalue weighted by Crippen LogP contribution is -2.40. The molecule has 1 heterocycles. The van der Waals surface area contributed by atoms with Gasteiger partial charge in [0, 0.05) is 16.8 Å². The number of carbonyl (C=O) groups excluding carboxylic acids is 4. The third kappa shape index (κ3) is 4.39. The Morgan fingerprint density at radius 3 is 2.47 bits per heavy atom. The van der Waals surface area contributed by atoms with Crippen molar-refractivity contribution in [3.8, 4) is 0 Å². The Hall–Kier alpha value is -3.19. The van der Waals surface area contributed by atoms with Gasteiger partial charge in [0.2, 0.25) is 0 Å². The number of ether oxygens (including phenoxy) is 1. The number of nitrogens with zero attached hydrogens (tertiary/aromatic N) is 1. The molecule has 32 heavy (non-hydrogen) atoms. The average Bonchev–Trinajstić information content (AvgIpc) is 3.04. The first kappa shape index (κ1) is 22.0. The molecule has 1 saturated carbocycles. The number of hydrogen-bond donors (Lipinski definition) is 1. The number of anilines is 1. The third-order valence-corrected chi connectivity index (χ3v) is 6.29. The van der Waals surface area contributed by atoms with Crippen LogP contribution in [0.4, 0.5) is 5.69 Å². The van der Waals surface area contributed by atoms with Crippen LogP contribution in [0.5, 0.6) is 0 Å². The second-order valence-corrected chi connectivity index (χ2v) is 8.53. The van der Waals surface area contributed by atoms with Gasteiger partial charge in [0.05, 0.1) is 16.7 Å². The molecule has 0 unspecified atom stereocenters. The molecule has 1 N–H and O–H groups in total. The first-order valence-electron chi connectivity index (χ1n) is 10.6. The van der Waals surface area contributed by atoms with E-state index < -0.39 is 18.5 Å². The molecule has 166 valence electrons. The van der Waals surface area contributed by atoms with Gasteiger partial charge in [-0.05, 0) is 55.7 Å². The van der Waals surface area contributed by atoms with Crippen molar-refractivity contribution < 1.29 is 23.9 Å². The standard InChI is InChI=1S/C24H23ClN2O5/c1-14-7-9-16(12-20(14)25)26-21(28)13-32-24(31)15-8-10-18-19(11-15)23(30)27(22(18)29)17-5-3-2-4-6-17/h7-12,17H,2-6,13H2,1H3,(H,26,28). The van der Waals surface area contributed by atoms with Crippen molar-refractivity contribution in [3.05, 3.63) is 63.7 Å². The summed E-state index contributed by atoms with van der Waals surface area (Å²) in [5, 5.41) is 3.12. The number of benzene rings is 2. The summed E-state index contributed by atoms with van der Waals surface area (Å²) in [5.74, 6) is -1.95. The summed E-state index contributed by atoms with van der Waals surface area (Å²) in [6.07, 6.45) is 4.71. The van der Waals surface area contributed by atoms with Gasteiger partial charge in [-0.15, -0.1) is 0 Å². The molecule has 2 aromatic rings. The van der Waals surface area contributed by atoms with Crippen molar-refractivity contribution in [1.29, 1.82) is 0 Å². The largest absolute Gasteiger partial charge is 0.452 e. The van der Waals surface area contributed by atoms with Gasteiger partial charge in [0.1, 0.15) is 0 Å². The number of nitrogens with one attached hydrogen (secondary N) is 1. The maximum atomic E-state index is 12.9. The molecule has 0 atom stereocenters. The molecule has 0 radical (unpaired) electrons. The maximum absolute atomic E-state index is 12.9. The Balaban J connectivity index is 1.40. The van der Waals surface area contributed by atoms with Crippen molar-refractivity contribution in [2.24, 2.45) is 0 Å². The zero-order valence-electron chi connectivity index (χ0n) is 17.7. The topological polar surface area (TPSA) is 92.8 Å². The predicted octanol–water partition coefficient (Wildman–Crippen LogP) is 4.37. The highest BCUT2D eigenvalue weighted by Crippen LogP contribution is 2.31. The summed E-state index contributed by atoms with van der Waals surface area (Å²) in [7, 11) is 0. The number of rotatable bonds is 5. The number of aryl methyl sites for hydroxylation is 1. The first-order chi connectivity index (χ1) is 15.3. The van der Waals surface area contributed by atoms with Gasteiger partial charge >= 0.3 is 5.97 Å². The van der Waals surface area contributed by atoms with Gasteiger partial charge < -0.3 is 10.1 Å². The third-order valence-electron chi connectivity index (χ3n) is 5.88. The van der Waals surface area contributed by atoms with Crippen molar-refractivity contribution in [2.45, 2.75) is 45.1 Å². The fraction of sp³-hybridized carbons (Fsp3) is 0.333. The summed E-state index contributed by atoms with van der Waals surface area (Å²) in [6.45, 7) is 1.35. The molecular weight excluding hydrogens is 432 g/mol. The zero-order valence-corrected chi connectivity index (χ0v) is 18.4. The summed E-state index contributed by atoms with van der Waals surface area (Å²) >= 11 is 6.04. The number of amides is 3. The van der Waals surface area contributed by atoms with Crippen LogP contribution >= 0.6 is 11.6 Å². The fourth-order valence-corrected chi connectivity index (χ4v) is 4.32. The van der Waals surface area contributed by atoms with Crippen molar-refractivity contribution in [1.82, 2.24) is 4.90 Å². The first-order valence-corrected chi connectivity index (χ1v) is 11.0. The molecule has 3 amide bonds. The van der Waals surface area contributed by atoms with E-state index in [9.17, 15) is 19.2 Å². The molecule has 4 rings (SSSR count). The number of imide groups is 1. The Morgan fingerprint density at radius 2 is 1.75 bits per heavy atom. The number of halogens is 1. The highest BCUT2D eigenvalue weighted by molar-refractivity contribution is 6.31. The van der Waals surface area contributed by atoms with Crippen LogP contribution in [0.25, 0.3) is 0 Å². The van der Waals surface area contributed by atoms with Crippen LogP contribution in [0.3, 0.4) is 0 Å². The molecule has 1 aliphatic heterocycles. The van der Waals surface area contributed by atoms with Crippen LogP contribution in [0.1, 0.15) is 68.7 Å². The molecule has 2 aromatic carbocycles. The molecule has 2 aliphatic rings. The molecule has 0 aromatic heterocycles. The van der Waals surface area contributed by atoms with Gasteiger partial charge in [-0.3, -0.25) is 19.3 Å². The van der Waals surface area contributed by atoms with E-state index >= 15 is 0 Å². The van der Waals surface area contributed by atoms with Gasteiger partial charge in [0.25, 0.3) is 17.7 Å². The van der Waals surface area contributed by atoms with Gasteiger partial charge in [-0.1, -0.05) is 36.9 Å². The normalized spacial score (nSPS) is 16.1. The molecule has 1 aliphatic carbocycles. The second kappa shape index (κ2) is 9.12. The lowest BCUT2D eigenvalue weighted by molar-refractivity contribution is -0.119. The number of esters is 1. The highest BCUT2D eigenvalue weighted by atomic mass is 35.5. The summed E-state index contributed by atoms with van der Waals surface area (Å²) in [5.41, 5.74) is 1.98. The molecule has 1 fully saturated rings. The molecular formula is C24H23ClN2O5. The Morgan fingerprint density at radius 1 is 1.03 bits per heavy atom. The predicted molar refractivity (Wildman–Crippen MR) is 119 cm³/mol. The minimum atomic E-state index is -0.749. The van der Waals surface area contributed by atoms with E-state index in [0.29, 0.717) is 16.3 Å². The second-order valence-electron chi connectivity index (χ2n) is 8.12. The van der Waals surface area contributed by atoms with Crippen LogP contribution in [0.2, 0.25) is 5.02 Å². The smallest absolute Gasteiger partial charge is 0.338 e. The number of fused-ring (bicyclic) bond motifs is 1. The van der Waals surface area contributed by atoms with Gasteiger partial charge in [-0.25, -0.2) is 4.79 Å². The molecule has 8 heteroatoms. The number of hydrogen-bond acceptors (Lipinski definition) is 5. The summed E-state index contributed by atoms with van der Waals surface area (Å²) < 4.78 is 5.09. The van der Waals surface area contributed by atoms with Crippen molar-refractivity contribution >= 4 is 41.0 Å². The SMILES string of the molecule is Cc1ccc(NC(=O)COC(=O)c2ccc3c(c2)C(=O)N(C2CCCCC2)C3=O)cc1Cl. The highest BCUT2D eigenvalue weighted by Gasteiger charge is 2.40. The van der Waals surface area contributed by atoms with Crippen LogP contribution in [-0.2, 0) is 9.53 Å². The molecule has 7 nitrogen and oxygen atoms in total. The lowest BCUT2D eigenvalue weighted by Gasteiger charge is -2.29. The zero-order chi connectivity index (χ0) is 22.8. The van der Waals surface area contributed by atoms with Gasteiger partial charge in [-0.2, -0.15) is 0 Å². The fourth-order valence-electron chi connectivity index (χ4n) is 4.14. The Bertz CT molecular complexity index is 1110. The van der Waals surface area contributed by atoms with E-state index in [1.54, 1.807) is 18.2 Å². The minimum absolute atomic E-state index is 0.0921. The van der Waals surface area contributed by atoms with E-state index in [4.69, 9.17) is 16.3 Å². The molecule has 0 spiro atoms. The Labute approximate surface area is 190 Å². The summed E-state index contributed by atoms with van der Waals surface area (Å²) in [4.78, 5) is 51.5. The molecule has 0 saturated heterocycles. The maximum Gasteiger partial charge on any atom is 0.338 e. The van der Waals surface area contributed by atoms with E-state index in [-0.39, 0.29) is 29.0 Å². The van der Waals surface area contributed by atoms with E-state index in [1.165, 1.54) is 23.1 Å². The van der Waals surface area contributed by atoms with Crippen LogP contribution < -0.4 is 5.32 Å². The van der Waals surface area contributed by atoms with Gasteiger partial charge in [0.15, 0.2) is 6.61 Å². The van der Waals surface area contributed by atoms with E-state index in [0.717, 1.165) is 37.7 Å². The average molecular weight is 455 g/mol. The van der Waals surface area contributed by atoms with Crippen LogP contribution in [0.15, 0.2) is 36.4 Å². The monoisotopic (exact) mass is 454 g/mol. The van der Waals surface area contributed by atoms with E-state index in [2.05, 4.69) is 5.32 Å². The van der Waals surface area contributed by atoms with Crippen LogP contribution in [-0.4, -0.2) is 41.2 Å². The van der Waals surface area contributed by atoms with E-state index in [1.807, 2.05) is 6.92 Å². The summed E-state index contributed by atoms with van der Waals surface area (Å²) in [6, 6.07) is 9.27. The van der Waals surface area contributed by atoms with Crippen molar-refractivity contribution in [3.63, 3.8) is 0 Å². The van der Waals surface area contributed by atoms with Crippen LogP contribution in [0, 0.1) is 6.92 Å².